The van der Waals surface area contributed by atoms with E-state index in [1.165, 1.54) is 11.3 Å². The van der Waals surface area contributed by atoms with Gasteiger partial charge in [0.2, 0.25) is 0 Å². The average molecular weight is 392 g/mol. The van der Waals surface area contributed by atoms with Crippen LogP contribution in [0.1, 0.15) is 23.4 Å². The zero-order chi connectivity index (χ0) is 18.7. The van der Waals surface area contributed by atoms with E-state index in [1.54, 1.807) is 7.11 Å². The Morgan fingerprint density at radius 3 is 2.88 bits per heavy atom. The van der Waals surface area contributed by atoms with Crippen molar-refractivity contribution in [3.05, 3.63) is 45.6 Å². The van der Waals surface area contributed by atoms with Gasteiger partial charge in [-0.3, -0.25) is 4.79 Å². The zero-order valence-electron chi connectivity index (χ0n) is 14.4. The van der Waals surface area contributed by atoms with Crippen molar-refractivity contribution in [2.75, 3.05) is 12.4 Å². The fraction of sp³-hybridized carbons (Fsp3) is 0.278. The second kappa shape index (κ2) is 7.88. The minimum Gasteiger partial charge on any atom is -0.495 e. The van der Waals surface area contributed by atoms with Gasteiger partial charge in [-0.1, -0.05) is 17.7 Å². The Hall–Kier alpha value is -2.38. The number of aryl methyl sites for hydroxylation is 2. The minimum absolute atomic E-state index is 0.00336. The van der Waals surface area contributed by atoms with Crippen LogP contribution in [0.3, 0.4) is 0 Å². The number of halogens is 1. The van der Waals surface area contributed by atoms with E-state index in [-0.39, 0.29) is 6.42 Å². The standard InChI is InChI=1S/C18H18ClN3O3S/c1-10-9-26-18-16(10)17(21-14(22-18)5-6-15(23)24)20-8-11-3-4-13(25-2)12(19)7-11/h3-4,7,9H,5-6,8H2,1-2H3,(H,23,24)(H,20,21,22). The van der Waals surface area contributed by atoms with Crippen LogP contribution >= 0.6 is 22.9 Å². The number of benzene rings is 1. The number of rotatable bonds is 7. The van der Waals surface area contributed by atoms with Gasteiger partial charge in [-0.2, -0.15) is 0 Å². The number of carbonyl (C=O) groups is 1. The van der Waals surface area contributed by atoms with Crippen molar-refractivity contribution < 1.29 is 14.6 Å². The number of nitrogens with one attached hydrogen (secondary N) is 1. The number of carboxylic acid groups (broad SMARTS) is 1. The van der Waals surface area contributed by atoms with Crippen molar-refractivity contribution in [1.82, 2.24) is 9.97 Å². The van der Waals surface area contributed by atoms with Crippen LogP contribution < -0.4 is 10.1 Å². The first-order valence-corrected chi connectivity index (χ1v) is 9.26. The average Bonchev–Trinajstić information content (AvgIpc) is 2.99. The van der Waals surface area contributed by atoms with Gasteiger partial charge in [0.05, 0.1) is 23.9 Å². The van der Waals surface area contributed by atoms with E-state index in [4.69, 9.17) is 21.4 Å². The van der Waals surface area contributed by atoms with E-state index >= 15 is 0 Å². The lowest BCUT2D eigenvalue weighted by atomic mass is 10.2. The van der Waals surface area contributed by atoms with Gasteiger partial charge in [0.1, 0.15) is 22.2 Å². The summed E-state index contributed by atoms with van der Waals surface area (Å²) in [7, 11) is 1.58. The predicted molar refractivity (Wildman–Crippen MR) is 103 cm³/mol. The molecule has 0 saturated heterocycles. The number of hydrogen-bond donors (Lipinski definition) is 2. The summed E-state index contributed by atoms with van der Waals surface area (Å²) in [6.45, 7) is 2.54. The highest BCUT2D eigenvalue weighted by molar-refractivity contribution is 7.17. The van der Waals surface area contributed by atoms with Crippen molar-refractivity contribution in [1.29, 1.82) is 0 Å². The van der Waals surface area contributed by atoms with Crippen molar-refractivity contribution in [2.24, 2.45) is 0 Å². The molecule has 3 rings (SSSR count). The number of carboxylic acids is 1. The molecule has 0 aliphatic carbocycles. The maximum Gasteiger partial charge on any atom is 0.303 e. The van der Waals surface area contributed by atoms with Crippen LogP contribution in [-0.2, 0) is 17.8 Å². The van der Waals surface area contributed by atoms with E-state index < -0.39 is 5.97 Å². The summed E-state index contributed by atoms with van der Waals surface area (Å²) < 4.78 is 5.17. The number of fused-ring (bicyclic) bond motifs is 1. The topological polar surface area (TPSA) is 84.3 Å². The highest BCUT2D eigenvalue weighted by Crippen LogP contribution is 2.30. The van der Waals surface area contributed by atoms with Gasteiger partial charge in [0, 0.05) is 13.0 Å². The van der Waals surface area contributed by atoms with Crippen LogP contribution in [0.2, 0.25) is 5.02 Å². The molecule has 0 aliphatic heterocycles. The molecule has 6 nitrogen and oxygen atoms in total. The van der Waals surface area contributed by atoms with Gasteiger partial charge < -0.3 is 15.2 Å². The number of aromatic nitrogens is 2. The summed E-state index contributed by atoms with van der Waals surface area (Å²) >= 11 is 7.71. The van der Waals surface area contributed by atoms with Crippen LogP contribution in [0.25, 0.3) is 10.2 Å². The zero-order valence-corrected chi connectivity index (χ0v) is 15.9. The second-order valence-electron chi connectivity index (χ2n) is 5.80. The second-order valence-corrected chi connectivity index (χ2v) is 7.07. The molecule has 0 saturated carbocycles. The number of aliphatic carboxylic acids is 1. The Kier molecular flexibility index (Phi) is 5.58. The van der Waals surface area contributed by atoms with E-state index in [9.17, 15) is 4.79 Å². The Morgan fingerprint density at radius 1 is 1.38 bits per heavy atom. The normalized spacial score (nSPS) is 10.9. The lowest BCUT2D eigenvalue weighted by Crippen LogP contribution is -2.07. The summed E-state index contributed by atoms with van der Waals surface area (Å²) in [5.74, 6) is 1.00. The quantitative estimate of drug-likeness (QED) is 0.625. The molecule has 0 spiro atoms. The summed E-state index contributed by atoms with van der Waals surface area (Å²) in [5, 5.41) is 15.8. The molecule has 2 heterocycles. The van der Waals surface area contributed by atoms with Crippen LogP contribution in [0.5, 0.6) is 5.75 Å². The van der Waals surface area contributed by atoms with Gasteiger partial charge >= 0.3 is 5.97 Å². The number of hydrogen-bond acceptors (Lipinski definition) is 6. The van der Waals surface area contributed by atoms with Gasteiger partial charge in [-0.25, -0.2) is 9.97 Å². The first-order valence-electron chi connectivity index (χ1n) is 8.00. The maximum absolute atomic E-state index is 10.8. The molecule has 1 aromatic carbocycles. The molecule has 0 fully saturated rings. The fourth-order valence-electron chi connectivity index (χ4n) is 2.59. The molecule has 8 heteroatoms. The first kappa shape index (κ1) is 18.4. The molecule has 0 unspecified atom stereocenters. The van der Waals surface area contributed by atoms with Crippen LogP contribution in [0, 0.1) is 6.92 Å². The first-order chi connectivity index (χ1) is 12.5. The van der Waals surface area contributed by atoms with Crippen LogP contribution in [-0.4, -0.2) is 28.2 Å². The molecule has 0 atom stereocenters. The molecule has 0 aliphatic rings. The smallest absolute Gasteiger partial charge is 0.303 e. The number of nitrogens with zero attached hydrogens (tertiary/aromatic N) is 2. The maximum atomic E-state index is 10.8. The lowest BCUT2D eigenvalue weighted by molar-refractivity contribution is -0.137. The third kappa shape index (κ3) is 4.05. The fourth-order valence-corrected chi connectivity index (χ4v) is 3.81. The molecule has 0 amide bonds. The number of thiophene rings is 1. The Morgan fingerprint density at radius 2 is 2.19 bits per heavy atom. The SMILES string of the molecule is COc1ccc(CNc2nc(CCC(=O)O)nc3scc(C)c23)cc1Cl. The third-order valence-electron chi connectivity index (χ3n) is 3.90. The largest absolute Gasteiger partial charge is 0.495 e. The molecule has 3 aromatic rings. The molecule has 136 valence electrons. The van der Waals surface area contributed by atoms with Gasteiger partial charge in [0.15, 0.2) is 0 Å². The van der Waals surface area contributed by atoms with Crippen molar-refractivity contribution in [3.8, 4) is 5.75 Å². The molecule has 0 bridgehead atoms. The van der Waals surface area contributed by atoms with Gasteiger partial charge in [0.25, 0.3) is 0 Å². The Bertz CT molecular complexity index is 958. The lowest BCUT2D eigenvalue weighted by Gasteiger charge is -2.11. The molecule has 26 heavy (non-hydrogen) atoms. The minimum atomic E-state index is -0.863. The highest BCUT2D eigenvalue weighted by Gasteiger charge is 2.13. The monoisotopic (exact) mass is 391 g/mol. The van der Waals surface area contributed by atoms with Gasteiger partial charge in [-0.15, -0.1) is 11.3 Å². The Labute approximate surface area is 159 Å². The van der Waals surface area contributed by atoms with E-state index in [0.29, 0.717) is 35.4 Å². The number of anilines is 1. The summed E-state index contributed by atoms with van der Waals surface area (Å²) in [4.78, 5) is 20.7. The Balaban J connectivity index is 1.86. The van der Waals surface area contributed by atoms with Crippen molar-refractivity contribution >= 4 is 44.9 Å². The number of methoxy groups -OCH3 is 1. The van der Waals surface area contributed by atoms with E-state index in [1.807, 2.05) is 30.5 Å². The van der Waals surface area contributed by atoms with Crippen LogP contribution in [0.4, 0.5) is 5.82 Å². The molecular weight excluding hydrogens is 374 g/mol. The molecule has 0 radical (unpaired) electrons. The number of ether oxygens (including phenoxy) is 1. The third-order valence-corrected chi connectivity index (χ3v) is 5.19. The predicted octanol–water partition coefficient (Wildman–Crippen LogP) is 4.29. The van der Waals surface area contributed by atoms with Crippen molar-refractivity contribution in [2.45, 2.75) is 26.3 Å². The summed E-state index contributed by atoms with van der Waals surface area (Å²) in [6, 6.07) is 5.60. The molecule has 2 aromatic heterocycles. The van der Waals surface area contributed by atoms with E-state index in [0.717, 1.165) is 21.3 Å². The van der Waals surface area contributed by atoms with Crippen LogP contribution in [0.15, 0.2) is 23.6 Å². The van der Waals surface area contributed by atoms with E-state index in [2.05, 4.69) is 15.3 Å². The van der Waals surface area contributed by atoms with Gasteiger partial charge in [-0.05, 0) is 35.6 Å². The summed E-state index contributed by atoms with van der Waals surface area (Å²) in [5.41, 5.74) is 2.08. The molecular formula is C18H18ClN3O3S. The van der Waals surface area contributed by atoms with Crippen molar-refractivity contribution in [3.63, 3.8) is 0 Å². The molecule has 2 N–H and O–H groups in total. The highest BCUT2D eigenvalue weighted by atomic mass is 35.5. The summed E-state index contributed by atoms with van der Waals surface area (Å²) in [6.07, 6.45) is 0.300.